The van der Waals surface area contributed by atoms with Crippen molar-refractivity contribution in [3.05, 3.63) is 28.7 Å². The average molecular weight is 283 g/mol. The molecule has 88 valence electrons. The van der Waals surface area contributed by atoms with Crippen molar-refractivity contribution in [1.29, 1.82) is 0 Å². The van der Waals surface area contributed by atoms with E-state index in [4.69, 9.17) is 5.73 Å². The summed E-state index contributed by atoms with van der Waals surface area (Å²) in [5.74, 6) is 0.791. The van der Waals surface area contributed by atoms with Gasteiger partial charge in [-0.15, -0.1) is 0 Å². The normalized spacial score (nSPS) is 25.4. The smallest absolute Gasteiger partial charge is 0.0351 e. The summed E-state index contributed by atoms with van der Waals surface area (Å²) in [6, 6.07) is 8.78. The zero-order chi connectivity index (χ0) is 11.4. The third-order valence-corrected chi connectivity index (χ3v) is 3.80. The molecule has 0 spiro atoms. The zero-order valence-corrected chi connectivity index (χ0v) is 11.0. The van der Waals surface area contributed by atoms with E-state index in [1.165, 1.54) is 31.4 Å². The van der Waals surface area contributed by atoms with Crippen LogP contribution in [0.4, 0.5) is 5.69 Å². The number of halogens is 1. The van der Waals surface area contributed by atoms with Gasteiger partial charge in [-0.2, -0.15) is 0 Å². The largest absolute Gasteiger partial charge is 0.385 e. The van der Waals surface area contributed by atoms with Crippen molar-refractivity contribution < 1.29 is 0 Å². The quantitative estimate of drug-likeness (QED) is 0.892. The van der Waals surface area contributed by atoms with E-state index in [0.717, 1.165) is 16.9 Å². The Bertz CT molecular complexity index is 332. The molecule has 0 radical (unpaired) electrons. The van der Waals surface area contributed by atoms with Gasteiger partial charge in [0, 0.05) is 22.7 Å². The van der Waals surface area contributed by atoms with Crippen LogP contribution in [-0.2, 0) is 0 Å². The number of nitrogens with one attached hydrogen (secondary N) is 1. The fourth-order valence-corrected chi connectivity index (χ4v) is 2.65. The molecule has 0 amide bonds. The van der Waals surface area contributed by atoms with Crippen molar-refractivity contribution in [3.63, 3.8) is 0 Å². The van der Waals surface area contributed by atoms with Crippen LogP contribution in [-0.4, -0.2) is 12.6 Å². The van der Waals surface area contributed by atoms with E-state index in [0.29, 0.717) is 6.04 Å². The molecule has 1 fully saturated rings. The molecule has 0 saturated heterocycles. The topological polar surface area (TPSA) is 38.0 Å². The highest BCUT2D eigenvalue weighted by Crippen LogP contribution is 2.24. The van der Waals surface area contributed by atoms with E-state index < -0.39 is 0 Å². The molecule has 1 aliphatic rings. The van der Waals surface area contributed by atoms with Crippen molar-refractivity contribution in [2.24, 2.45) is 11.7 Å². The predicted octanol–water partition coefficient (Wildman–Crippen LogP) is 3.38. The van der Waals surface area contributed by atoms with Crippen LogP contribution < -0.4 is 11.1 Å². The number of nitrogens with two attached hydrogens (primary N) is 1. The molecule has 16 heavy (non-hydrogen) atoms. The molecule has 2 rings (SSSR count). The summed E-state index contributed by atoms with van der Waals surface area (Å²) in [4.78, 5) is 0. The minimum absolute atomic E-state index is 0.446. The maximum atomic E-state index is 5.90. The van der Waals surface area contributed by atoms with Crippen molar-refractivity contribution in [3.8, 4) is 0 Å². The summed E-state index contributed by atoms with van der Waals surface area (Å²) in [6.07, 6.45) is 4.90. The van der Waals surface area contributed by atoms with Crippen LogP contribution >= 0.6 is 15.9 Å². The van der Waals surface area contributed by atoms with Gasteiger partial charge in [0.15, 0.2) is 0 Å². The molecule has 0 atom stereocenters. The third kappa shape index (κ3) is 3.49. The number of hydrogen-bond donors (Lipinski definition) is 2. The molecule has 1 saturated carbocycles. The maximum absolute atomic E-state index is 5.90. The van der Waals surface area contributed by atoms with Gasteiger partial charge in [0.2, 0.25) is 0 Å². The standard InChI is InChI=1S/C13H19BrN2/c14-11-2-1-3-13(8-11)16-9-10-4-6-12(15)7-5-10/h1-3,8,10,12,16H,4-7,9,15H2. The second kappa shape index (κ2) is 5.69. The lowest BCUT2D eigenvalue weighted by atomic mass is 9.86. The van der Waals surface area contributed by atoms with E-state index >= 15 is 0 Å². The number of rotatable bonds is 3. The first-order valence-electron chi connectivity index (χ1n) is 5.99. The Balaban J connectivity index is 1.79. The molecule has 0 bridgehead atoms. The Morgan fingerprint density at radius 3 is 2.69 bits per heavy atom. The summed E-state index contributed by atoms with van der Waals surface area (Å²) in [7, 11) is 0. The van der Waals surface area contributed by atoms with Gasteiger partial charge in [0.05, 0.1) is 0 Å². The molecule has 1 aliphatic carbocycles. The highest BCUT2D eigenvalue weighted by Gasteiger charge is 2.17. The van der Waals surface area contributed by atoms with Crippen molar-refractivity contribution in [2.75, 3.05) is 11.9 Å². The van der Waals surface area contributed by atoms with Gasteiger partial charge < -0.3 is 11.1 Å². The second-order valence-corrected chi connectivity index (χ2v) is 5.59. The fraction of sp³-hybridized carbons (Fsp3) is 0.538. The van der Waals surface area contributed by atoms with E-state index in [-0.39, 0.29) is 0 Å². The molecule has 0 heterocycles. The summed E-state index contributed by atoms with van der Waals surface area (Å²) in [5.41, 5.74) is 7.10. The van der Waals surface area contributed by atoms with Gasteiger partial charge in [0.25, 0.3) is 0 Å². The lowest BCUT2D eigenvalue weighted by Gasteiger charge is -2.26. The Morgan fingerprint density at radius 1 is 1.25 bits per heavy atom. The molecular formula is C13H19BrN2. The second-order valence-electron chi connectivity index (χ2n) is 4.67. The number of benzene rings is 1. The highest BCUT2D eigenvalue weighted by molar-refractivity contribution is 9.10. The monoisotopic (exact) mass is 282 g/mol. The minimum Gasteiger partial charge on any atom is -0.385 e. The lowest BCUT2D eigenvalue weighted by Crippen LogP contribution is -2.29. The van der Waals surface area contributed by atoms with Gasteiger partial charge in [-0.1, -0.05) is 22.0 Å². The molecule has 3 N–H and O–H groups in total. The molecule has 3 heteroatoms. The Kier molecular flexibility index (Phi) is 4.24. The van der Waals surface area contributed by atoms with Gasteiger partial charge in [-0.3, -0.25) is 0 Å². The summed E-state index contributed by atoms with van der Waals surface area (Å²) < 4.78 is 1.13. The van der Waals surface area contributed by atoms with Gasteiger partial charge in [-0.05, 0) is 49.8 Å². The Hall–Kier alpha value is -0.540. The predicted molar refractivity (Wildman–Crippen MR) is 72.6 cm³/mol. The van der Waals surface area contributed by atoms with E-state index in [9.17, 15) is 0 Å². The first-order chi connectivity index (χ1) is 7.74. The molecule has 1 aromatic rings. The van der Waals surface area contributed by atoms with Crippen molar-refractivity contribution >= 4 is 21.6 Å². The number of hydrogen-bond acceptors (Lipinski definition) is 2. The van der Waals surface area contributed by atoms with Crippen molar-refractivity contribution in [2.45, 2.75) is 31.7 Å². The van der Waals surface area contributed by atoms with Crippen LogP contribution in [0.3, 0.4) is 0 Å². The number of anilines is 1. The highest BCUT2D eigenvalue weighted by atomic mass is 79.9. The van der Waals surface area contributed by atoms with E-state index in [2.05, 4.69) is 39.4 Å². The molecule has 0 aromatic heterocycles. The summed E-state index contributed by atoms with van der Waals surface area (Å²) in [6.45, 7) is 1.07. The van der Waals surface area contributed by atoms with Gasteiger partial charge in [0.1, 0.15) is 0 Å². The SMILES string of the molecule is NC1CCC(CNc2cccc(Br)c2)CC1. The maximum Gasteiger partial charge on any atom is 0.0351 e. The molecule has 1 aromatic carbocycles. The lowest BCUT2D eigenvalue weighted by molar-refractivity contribution is 0.339. The summed E-state index contributed by atoms with van der Waals surface area (Å²) >= 11 is 3.48. The van der Waals surface area contributed by atoms with Crippen LogP contribution in [0, 0.1) is 5.92 Å². The fourth-order valence-electron chi connectivity index (χ4n) is 2.25. The molecule has 2 nitrogen and oxygen atoms in total. The zero-order valence-electron chi connectivity index (χ0n) is 9.45. The minimum atomic E-state index is 0.446. The average Bonchev–Trinajstić information content (AvgIpc) is 2.28. The van der Waals surface area contributed by atoms with Crippen LogP contribution in [0.2, 0.25) is 0 Å². The van der Waals surface area contributed by atoms with Crippen LogP contribution in [0.15, 0.2) is 28.7 Å². The van der Waals surface area contributed by atoms with Crippen LogP contribution in [0.25, 0.3) is 0 Å². The molecule has 0 aliphatic heterocycles. The summed E-state index contributed by atoms with van der Waals surface area (Å²) in [5, 5.41) is 3.50. The van der Waals surface area contributed by atoms with Gasteiger partial charge >= 0.3 is 0 Å². The Morgan fingerprint density at radius 2 is 2.00 bits per heavy atom. The molecular weight excluding hydrogens is 264 g/mol. The Labute approximate surface area is 106 Å². The van der Waals surface area contributed by atoms with Crippen molar-refractivity contribution in [1.82, 2.24) is 0 Å². The van der Waals surface area contributed by atoms with E-state index in [1.807, 2.05) is 6.07 Å². The first kappa shape index (κ1) is 11.9. The van der Waals surface area contributed by atoms with Crippen LogP contribution in [0.1, 0.15) is 25.7 Å². The molecule has 0 unspecified atom stereocenters. The third-order valence-electron chi connectivity index (χ3n) is 3.31. The van der Waals surface area contributed by atoms with Gasteiger partial charge in [-0.25, -0.2) is 0 Å². The van der Waals surface area contributed by atoms with E-state index in [1.54, 1.807) is 0 Å². The van der Waals surface area contributed by atoms with Crippen LogP contribution in [0.5, 0.6) is 0 Å². The first-order valence-corrected chi connectivity index (χ1v) is 6.78.